The Morgan fingerprint density at radius 2 is 1.81 bits per heavy atom. The SMILES string of the molecule is CC(c1ccc(C(F)(F)F)cc1)N(C)C(=O)c1cc2c3c(c(N)nc2cc1F)COC3. The molecule has 9 heteroatoms. The average Bonchev–Trinajstić information content (AvgIpc) is 3.22. The van der Waals surface area contributed by atoms with Crippen LogP contribution in [-0.2, 0) is 24.1 Å². The lowest BCUT2D eigenvalue weighted by Gasteiger charge is -2.26. The van der Waals surface area contributed by atoms with Crippen LogP contribution in [0.3, 0.4) is 0 Å². The summed E-state index contributed by atoms with van der Waals surface area (Å²) in [5.74, 6) is -1.09. The monoisotopic (exact) mass is 433 g/mol. The molecule has 0 fully saturated rings. The molecule has 0 spiro atoms. The first-order chi connectivity index (χ1) is 14.6. The number of benzene rings is 2. The zero-order chi connectivity index (χ0) is 22.5. The Kier molecular flexibility index (Phi) is 5.09. The summed E-state index contributed by atoms with van der Waals surface area (Å²) in [6.45, 7) is 2.25. The number of nitrogens with two attached hydrogens (primary N) is 1. The largest absolute Gasteiger partial charge is 0.416 e. The number of ether oxygens (including phenoxy) is 1. The van der Waals surface area contributed by atoms with Gasteiger partial charge in [0, 0.05) is 24.1 Å². The predicted octanol–water partition coefficient (Wildman–Crippen LogP) is 4.84. The molecule has 0 saturated carbocycles. The van der Waals surface area contributed by atoms with Gasteiger partial charge in [-0.15, -0.1) is 0 Å². The van der Waals surface area contributed by atoms with Gasteiger partial charge in [-0.3, -0.25) is 4.79 Å². The third-order valence-electron chi connectivity index (χ3n) is 5.67. The van der Waals surface area contributed by atoms with E-state index in [9.17, 15) is 22.4 Å². The highest BCUT2D eigenvalue weighted by atomic mass is 19.4. The van der Waals surface area contributed by atoms with Gasteiger partial charge in [0.15, 0.2) is 0 Å². The molecule has 2 aromatic carbocycles. The van der Waals surface area contributed by atoms with Crippen molar-refractivity contribution in [2.45, 2.75) is 32.4 Å². The van der Waals surface area contributed by atoms with Gasteiger partial charge in [0.25, 0.3) is 5.91 Å². The van der Waals surface area contributed by atoms with E-state index in [1.165, 1.54) is 30.1 Å². The minimum Gasteiger partial charge on any atom is -0.383 e. The highest BCUT2D eigenvalue weighted by Gasteiger charge is 2.31. The van der Waals surface area contributed by atoms with Crippen molar-refractivity contribution in [2.75, 3.05) is 12.8 Å². The Bertz CT molecular complexity index is 1180. The van der Waals surface area contributed by atoms with Gasteiger partial charge in [-0.25, -0.2) is 9.37 Å². The van der Waals surface area contributed by atoms with Crippen LogP contribution in [0.4, 0.5) is 23.4 Å². The van der Waals surface area contributed by atoms with Gasteiger partial charge < -0.3 is 15.4 Å². The number of halogens is 4. The number of amides is 1. The van der Waals surface area contributed by atoms with Crippen molar-refractivity contribution in [3.63, 3.8) is 0 Å². The van der Waals surface area contributed by atoms with Gasteiger partial charge in [-0.1, -0.05) is 12.1 Å². The van der Waals surface area contributed by atoms with Crippen LogP contribution in [0.5, 0.6) is 0 Å². The number of carbonyl (C=O) groups is 1. The van der Waals surface area contributed by atoms with E-state index in [2.05, 4.69) is 4.98 Å². The smallest absolute Gasteiger partial charge is 0.383 e. The van der Waals surface area contributed by atoms with Crippen LogP contribution >= 0.6 is 0 Å². The molecule has 0 saturated heterocycles. The fourth-order valence-electron chi connectivity index (χ4n) is 3.70. The van der Waals surface area contributed by atoms with Crippen molar-refractivity contribution in [1.29, 1.82) is 0 Å². The fraction of sp³-hybridized carbons (Fsp3) is 0.273. The van der Waals surface area contributed by atoms with Gasteiger partial charge in [0.05, 0.1) is 35.9 Å². The van der Waals surface area contributed by atoms with E-state index in [0.29, 0.717) is 23.1 Å². The molecule has 5 nitrogen and oxygen atoms in total. The van der Waals surface area contributed by atoms with E-state index in [4.69, 9.17) is 10.5 Å². The van der Waals surface area contributed by atoms with Gasteiger partial charge >= 0.3 is 6.18 Å². The Hall–Kier alpha value is -3.20. The first-order valence-electron chi connectivity index (χ1n) is 9.50. The summed E-state index contributed by atoms with van der Waals surface area (Å²) in [5, 5.41) is 0.585. The van der Waals surface area contributed by atoms with Gasteiger partial charge in [-0.2, -0.15) is 13.2 Å². The average molecular weight is 433 g/mol. The van der Waals surface area contributed by atoms with Crippen LogP contribution in [0, 0.1) is 5.82 Å². The minimum atomic E-state index is -4.45. The maximum Gasteiger partial charge on any atom is 0.416 e. The van der Waals surface area contributed by atoms with Crippen molar-refractivity contribution in [2.24, 2.45) is 0 Å². The Morgan fingerprint density at radius 3 is 2.45 bits per heavy atom. The van der Waals surface area contributed by atoms with Crippen molar-refractivity contribution in [3.05, 3.63) is 70.0 Å². The number of rotatable bonds is 3. The summed E-state index contributed by atoms with van der Waals surface area (Å²) in [6.07, 6.45) is -4.45. The molecule has 0 aliphatic carbocycles. The van der Waals surface area contributed by atoms with Crippen LogP contribution < -0.4 is 5.73 Å². The number of nitrogens with zero attached hydrogens (tertiary/aromatic N) is 2. The molecular formula is C22H19F4N3O2. The molecule has 1 unspecified atom stereocenters. The molecule has 1 aliphatic rings. The van der Waals surface area contributed by atoms with E-state index >= 15 is 0 Å². The molecule has 3 aromatic rings. The van der Waals surface area contributed by atoms with Crippen LogP contribution in [-0.4, -0.2) is 22.8 Å². The van der Waals surface area contributed by atoms with Gasteiger partial charge in [0.2, 0.25) is 0 Å². The van der Waals surface area contributed by atoms with E-state index < -0.39 is 29.5 Å². The number of fused-ring (bicyclic) bond motifs is 3. The molecule has 1 aliphatic heterocycles. The molecular weight excluding hydrogens is 414 g/mol. The third kappa shape index (κ3) is 3.69. The summed E-state index contributed by atoms with van der Waals surface area (Å²) in [5.41, 5.74) is 7.30. The number of hydrogen-bond acceptors (Lipinski definition) is 4. The first-order valence-corrected chi connectivity index (χ1v) is 9.50. The molecule has 2 N–H and O–H groups in total. The standard InChI is InChI=1S/C22H19F4N3O2/c1-11(12-3-5-13(6-4-12)22(24,25)26)29(2)21(30)15-7-14-16-9-31-10-17(16)20(27)28-19(14)8-18(15)23/h3-8,11H,9-10H2,1-2H3,(H2,27,28). The lowest BCUT2D eigenvalue weighted by molar-refractivity contribution is -0.137. The summed E-state index contributed by atoms with van der Waals surface area (Å²) in [4.78, 5) is 18.5. The summed E-state index contributed by atoms with van der Waals surface area (Å²) in [6, 6.07) is 6.55. The molecule has 31 heavy (non-hydrogen) atoms. The Morgan fingerprint density at radius 1 is 1.16 bits per heavy atom. The van der Waals surface area contributed by atoms with E-state index in [0.717, 1.165) is 29.3 Å². The van der Waals surface area contributed by atoms with E-state index in [1.807, 2.05) is 0 Å². The Labute approximate surface area is 175 Å². The van der Waals surface area contributed by atoms with Crippen molar-refractivity contribution < 1.29 is 27.1 Å². The number of hydrogen-bond donors (Lipinski definition) is 1. The van der Waals surface area contributed by atoms with Crippen LogP contribution in [0.2, 0.25) is 0 Å². The molecule has 0 bridgehead atoms. The molecule has 1 aromatic heterocycles. The number of nitrogen functional groups attached to an aromatic ring is 1. The predicted molar refractivity (Wildman–Crippen MR) is 107 cm³/mol. The fourth-order valence-corrected chi connectivity index (χ4v) is 3.70. The van der Waals surface area contributed by atoms with Gasteiger partial charge in [0.1, 0.15) is 11.6 Å². The minimum absolute atomic E-state index is 0.158. The first kappa shape index (κ1) is 21.0. The molecule has 162 valence electrons. The second kappa shape index (κ2) is 7.49. The normalized spacial score (nSPS) is 14.5. The van der Waals surface area contributed by atoms with Crippen molar-refractivity contribution in [3.8, 4) is 0 Å². The van der Waals surface area contributed by atoms with Crippen molar-refractivity contribution >= 4 is 22.6 Å². The Balaban J connectivity index is 1.67. The topological polar surface area (TPSA) is 68.5 Å². The second-order valence-electron chi connectivity index (χ2n) is 7.51. The number of pyridine rings is 1. The van der Waals surface area contributed by atoms with E-state index in [-0.39, 0.29) is 18.0 Å². The molecule has 1 atom stereocenters. The van der Waals surface area contributed by atoms with Crippen LogP contribution in [0.25, 0.3) is 10.9 Å². The zero-order valence-electron chi connectivity index (χ0n) is 16.8. The van der Waals surface area contributed by atoms with Crippen LogP contribution in [0.15, 0.2) is 36.4 Å². The van der Waals surface area contributed by atoms with Crippen molar-refractivity contribution in [1.82, 2.24) is 9.88 Å². The molecule has 0 radical (unpaired) electrons. The summed E-state index contributed by atoms with van der Waals surface area (Å²) >= 11 is 0. The number of alkyl halides is 3. The lowest BCUT2D eigenvalue weighted by Crippen LogP contribution is -2.30. The quantitative estimate of drug-likeness (QED) is 0.601. The number of aromatic nitrogens is 1. The molecule has 4 rings (SSSR count). The van der Waals surface area contributed by atoms with E-state index in [1.54, 1.807) is 6.92 Å². The summed E-state index contributed by atoms with van der Waals surface area (Å²) in [7, 11) is 1.48. The highest BCUT2D eigenvalue weighted by Crippen LogP contribution is 2.34. The molecule has 2 heterocycles. The maximum atomic E-state index is 14.8. The lowest BCUT2D eigenvalue weighted by atomic mass is 10.0. The molecule has 1 amide bonds. The summed E-state index contributed by atoms with van der Waals surface area (Å²) < 4.78 is 58.6. The number of carbonyl (C=O) groups excluding carboxylic acids is 1. The van der Waals surface area contributed by atoms with Gasteiger partial charge in [-0.05, 0) is 36.2 Å². The second-order valence-corrected chi connectivity index (χ2v) is 7.51. The zero-order valence-corrected chi connectivity index (χ0v) is 16.8. The highest BCUT2D eigenvalue weighted by molar-refractivity contribution is 5.99. The maximum absolute atomic E-state index is 14.8. The van der Waals surface area contributed by atoms with Crippen LogP contribution in [0.1, 0.15) is 45.6 Å². The third-order valence-corrected chi connectivity index (χ3v) is 5.67. The number of anilines is 1.